The third-order valence-corrected chi connectivity index (χ3v) is 4.83. The molecule has 80 valence electrons. The van der Waals surface area contributed by atoms with Crippen LogP contribution in [0.25, 0.3) is 0 Å². The Morgan fingerprint density at radius 3 is 2.67 bits per heavy atom. The smallest absolute Gasteiger partial charge is 0.141 e. The average molecular weight is 220 g/mol. The van der Waals surface area contributed by atoms with E-state index in [0.717, 1.165) is 11.8 Å². The fourth-order valence-corrected chi connectivity index (χ4v) is 3.89. The lowest BCUT2D eigenvalue weighted by Crippen LogP contribution is -2.06. The number of ketones is 1. The zero-order chi connectivity index (χ0) is 10.3. The molecule has 1 heterocycles. The van der Waals surface area contributed by atoms with E-state index in [0.29, 0.717) is 18.1 Å². The highest BCUT2D eigenvalue weighted by atomic mass is 32.1. The van der Waals surface area contributed by atoms with Gasteiger partial charge in [0.05, 0.1) is 0 Å². The molecule has 1 aromatic heterocycles. The van der Waals surface area contributed by atoms with Crippen LogP contribution in [0, 0.1) is 17.8 Å². The molecule has 2 aliphatic carbocycles. The molecule has 1 aromatic rings. The first kappa shape index (κ1) is 9.59. The predicted molar refractivity (Wildman–Crippen MR) is 62.0 cm³/mol. The van der Waals surface area contributed by atoms with Gasteiger partial charge in [-0.15, -0.1) is 11.3 Å². The number of hydrogen-bond acceptors (Lipinski definition) is 2. The lowest BCUT2D eigenvalue weighted by Gasteiger charge is -2.04. The second kappa shape index (κ2) is 3.75. The molecular formula is C13H16OS. The van der Waals surface area contributed by atoms with Gasteiger partial charge in [-0.25, -0.2) is 0 Å². The maximum absolute atomic E-state index is 12.0. The van der Waals surface area contributed by atoms with Gasteiger partial charge in [-0.3, -0.25) is 4.79 Å². The SMILES string of the molecule is O=C(Cc1cccs1)C1C2CCCCC21. The molecule has 2 heteroatoms. The summed E-state index contributed by atoms with van der Waals surface area (Å²) < 4.78 is 0. The quantitative estimate of drug-likeness (QED) is 0.764. The van der Waals surface area contributed by atoms with E-state index in [1.165, 1.54) is 30.6 Å². The minimum Gasteiger partial charge on any atom is -0.299 e. The third kappa shape index (κ3) is 1.76. The van der Waals surface area contributed by atoms with Crippen LogP contribution in [-0.4, -0.2) is 5.78 Å². The van der Waals surface area contributed by atoms with Gasteiger partial charge in [0.1, 0.15) is 5.78 Å². The first-order chi connectivity index (χ1) is 7.36. The van der Waals surface area contributed by atoms with Gasteiger partial charge in [0.15, 0.2) is 0 Å². The van der Waals surface area contributed by atoms with Crippen molar-refractivity contribution in [1.82, 2.24) is 0 Å². The van der Waals surface area contributed by atoms with E-state index < -0.39 is 0 Å². The molecule has 0 bridgehead atoms. The molecule has 2 fully saturated rings. The van der Waals surface area contributed by atoms with E-state index in [1.54, 1.807) is 11.3 Å². The molecule has 0 aliphatic heterocycles. The molecule has 0 amide bonds. The molecule has 2 saturated carbocycles. The minimum absolute atomic E-state index is 0.439. The van der Waals surface area contributed by atoms with Crippen LogP contribution in [0.3, 0.4) is 0 Å². The maximum Gasteiger partial charge on any atom is 0.141 e. The Balaban J connectivity index is 1.62. The van der Waals surface area contributed by atoms with Crippen LogP contribution >= 0.6 is 11.3 Å². The highest BCUT2D eigenvalue weighted by Gasteiger charge is 2.53. The topological polar surface area (TPSA) is 17.1 Å². The van der Waals surface area contributed by atoms with Crippen LogP contribution in [-0.2, 0) is 11.2 Å². The molecule has 2 atom stereocenters. The van der Waals surface area contributed by atoms with Crippen LogP contribution < -0.4 is 0 Å². The van der Waals surface area contributed by atoms with Gasteiger partial charge in [-0.2, -0.15) is 0 Å². The van der Waals surface area contributed by atoms with Crippen LogP contribution in [0.2, 0.25) is 0 Å². The highest BCUT2D eigenvalue weighted by molar-refractivity contribution is 7.10. The van der Waals surface area contributed by atoms with Crippen molar-refractivity contribution in [3.8, 4) is 0 Å². The van der Waals surface area contributed by atoms with Gasteiger partial charge in [0.2, 0.25) is 0 Å². The molecule has 1 nitrogen and oxygen atoms in total. The molecule has 3 rings (SSSR count). The van der Waals surface area contributed by atoms with Crippen molar-refractivity contribution in [2.75, 3.05) is 0 Å². The van der Waals surface area contributed by atoms with E-state index in [2.05, 4.69) is 11.4 Å². The summed E-state index contributed by atoms with van der Waals surface area (Å²) in [5.41, 5.74) is 0. The molecule has 0 N–H and O–H groups in total. The zero-order valence-corrected chi connectivity index (χ0v) is 9.63. The van der Waals surface area contributed by atoms with Gasteiger partial charge in [0, 0.05) is 17.2 Å². The van der Waals surface area contributed by atoms with E-state index in [4.69, 9.17) is 0 Å². The van der Waals surface area contributed by atoms with Gasteiger partial charge >= 0.3 is 0 Å². The Morgan fingerprint density at radius 2 is 2.07 bits per heavy atom. The molecule has 2 aliphatic rings. The summed E-state index contributed by atoms with van der Waals surface area (Å²) in [6.07, 6.45) is 6.01. The summed E-state index contributed by atoms with van der Waals surface area (Å²) in [4.78, 5) is 13.3. The first-order valence-electron chi connectivity index (χ1n) is 5.91. The number of rotatable bonds is 3. The predicted octanol–water partition coefficient (Wildman–Crippen LogP) is 3.30. The Morgan fingerprint density at radius 1 is 1.33 bits per heavy atom. The average Bonchev–Trinajstić information content (AvgIpc) is 2.77. The monoisotopic (exact) mass is 220 g/mol. The van der Waals surface area contributed by atoms with Crippen molar-refractivity contribution >= 4 is 17.1 Å². The molecule has 0 spiro atoms. The number of carbonyl (C=O) groups excluding carboxylic acids is 1. The fraction of sp³-hybridized carbons (Fsp3) is 0.615. The molecule has 0 aromatic carbocycles. The van der Waals surface area contributed by atoms with Crippen molar-refractivity contribution in [2.24, 2.45) is 17.8 Å². The van der Waals surface area contributed by atoms with Crippen LogP contribution in [0.4, 0.5) is 0 Å². The second-order valence-electron chi connectivity index (χ2n) is 4.86. The summed E-state index contributed by atoms with van der Waals surface area (Å²) in [5.74, 6) is 2.49. The Kier molecular flexibility index (Phi) is 2.39. The fourth-order valence-electron chi connectivity index (χ4n) is 3.17. The van der Waals surface area contributed by atoms with Crippen LogP contribution in [0.15, 0.2) is 17.5 Å². The van der Waals surface area contributed by atoms with E-state index >= 15 is 0 Å². The van der Waals surface area contributed by atoms with E-state index in [9.17, 15) is 4.79 Å². The summed E-state index contributed by atoms with van der Waals surface area (Å²) in [7, 11) is 0. The number of fused-ring (bicyclic) bond motifs is 1. The molecule has 0 saturated heterocycles. The third-order valence-electron chi connectivity index (χ3n) is 3.96. The molecular weight excluding hydrogens is 204 g/mol. The summed E-state index contributed by atoms with van der Waals surface area (Å²) in [6.45, 7) is 0. The van der Waals surface area contributed by atoms with Crippen molar-refractivity contribution in [2.45, 2.75) is 32.1 Å². The second-order valence-corrected chi connectivity index (χ2v) is 5.89. The standard InChI is InChI=1S/C13H16OS/c14-12(8-9-4-3-7-15-9)13-10-5-1-2-6-11(10)13/h3-4,7,10-11,13H,1-2,5-6,8H2. The molecule has 15 heavy (non-hydrogen) atoms. The minimum atomic E-state index is 0.439. The van der Waals surface area contributed by atoms with Crippen molar-refractivity contribution in [3.63, 3.8) is 0 Å². The van der Waals surface area contributed by atoms with Crippen LogP contribution in [0.1, 0.15) is 30.6 Å². The van der Waals surface area contributed by atoms with Crippen LogP contribution in [0.5, 0.6) is 0 Å². The van der Waals surface area contributed by atoms with Crippen molar-refractivity contribution in [1.29, 1.82) is 0 Å². The molecule has 0 radical (unpaired) electrons. The number of carbonyl (C=O) groups is 1. The largest absolute Gasteiger partial charge is 0.299 e. The lowest BCUT2D eigenvalue weighted by atomic mass is 10.0. The van der Waals surface area contributed by atoms with Gasteiger partial charge < -0.3 is 0 Å². The van der Waals surface area contributed by atoms with Crippen molar-refractivity contribution < 1.29 is 4.79 Å². The maximum atomic E-state index is 12.0. The van der Waals surface area contributed by atoms with Gasteiger partial charge in [0.25, 0.3) is 0 Å². The van der Waals surface area contributed by atoms with Gasteiger partial charge in [-0.05, 0) is 36.1 Å². The number of Topliss-reactive ketones (excluding diaryl/α,β-unsaturated/α-hetero) is 1. The van der Waals surface area contributed by atoms with E-state index in [1.807, 2.05) is 6.07 Å². The number of thiophene rings is 1. The van der Waals surface area contributed by atoms with E-state index in [-0.39, 0.29) is 0 Å². The highest BCUT2D eigenvalue weighted by Crippen LogP contribution is 2.56. The number of hydrogen-bond donors (Lipinski definition) is 0. The Hall–Kier alpha value is -0.630. The Labute approximate surface area is 94.5 Å². The summed E-state index contributed by atoms with van der Waals surface area (Å²) >= 11 is 1.71. The van der Waals surface area contributed by atoms with Gasteiger partial charge in [-0.1, -0.05) is 18.9 Å². The van der Waals surface area contributed by atoms with Crippen molar-refractivity contribution in [3.05, 3.63) is 22.4 Å². The summed E-state index contributed by atoms with van der Waals surface area (Å²) in [5, 5.41) is 2.06. The lowest BCUT2D eigenvalue weighted by molar-refractivity contribution is -0.120. The zero-order valence-electron chi connectivity index (χ0n) is 8.82. The summed E-state index contributed by atoms with van der Waals surface area (Å²) in [6, 6.07) is 4.11. The molecule has 2 unspecified atom stereocenters. The Bertz CT molecular complexity index is 343. The first-order valence-corrected chi connectivity index (χ1v) is 6.79. The normalized spacial score (nSPS) is 33.5.